The Balaban J connectivity index is 1.77. The highest BCUT2D eigenvalue weighted by Crippen LogP contribution is 2.34. The Kier molecular flexibility index (Phi) is 4.86. The molecule has 2 fully saturated rings. The number of nitro groups is 1. The number of aryl methyl sites for hydroxylation is 1. The van der Waals surface area contributed by atoms with Gasteiger partial charge in [-0.3, -0.25) is 24.6 Å². The van der Waals surface area contributed by atoms with Crippen LogP contribution in [-0.2, 0) is 9.59 Å². The highest BCUT2D eigenvalue weighted by molar-refractivity contribution is 6.10. The van der Waals surface area contributed by atoms with Gasteiger partial charge in [-0.1, -0.05) is 25.3 Å². The summed E-state index contributed by atoms with van der Waals surface area (Å²) in [5.41, 5.74) is 0.309. The topological polar surface area (TPSA) is 122 Å². The number of imide groups is 1. The van der Waals surface area contributed by atoms with Crippen LogP contribution in [0.1, 0.15) is 43.2 Å². The lowest BCUT2D eigenvalue weighted by atomic mass is 9.82. The van der Waals surface area contributed by atoms with E-state index < -0.39 is 34.9 Å². The van der Waals surface area contributed by atoms with Crippen molar-refractivity contribution in [2.24, 2.45) is 0 Å². The summed E-state index contributed by atoms with van der Waals surface area (Å²) in [4.78, 5) is 49.0. The molecule has 9 nitrogen and oxygen atoms in total. The number of hydrogen-bond donors (Lipinski definition) is 2. The molecule has 4 amide bonds. The Hall–Kier alpha value is -2.97. The minimum atomic E-state index is -0.902. The summed E-state index contributed by atoms with van der Waals surface area (Å²) in [6.07, 6.45) is 3.85. The van der Waals surface area contributed by atoms with E-state index in [1.54, 1.807) is 19.9 Å². The summed E-state index contributed by atoms with van der Waals surface area (Å²) >= 11 is 0. The first kappa shape index (κ1) is 18.8. The van der Waals surface area contributed by atoms with Gasteiger partial charge in [0.25, 0.3) is 11.6 Å². The number of carbonyl (C=O) groups excluding carboxylic acids is 3. The van der Waals surface area contributed by atoms with Crippen LogP contribution < -0.4 is 10.6 Å². The molecule has 2 aliphatic rings. The number of nitro benzene ring substituents is 1. The molecule has 144 valence electrons. The predicted molar refractivity (Wildman–Crippen MR) is 97.3 cm³/mol. The Morgan fingerprint density at radius 1 is 1.26 bits per heavy atom. The van der Waals surface area contributed by atoms with E-state index in [9.17, 15) is 24.5 Å². The van der Waals surface area contributed by atoms with Gasteiger partial charge in [0.05, 0.1) is 4.92 Å². The third kappa shape index (κ3) is 3.36. The molecule has 1 saturated heterocycles. The quantitative estimate of drug-likeness (QED) is 0.476. The number of carbonyl (C=O) groups is 3. The number of hydrogen-bond acceptors (Lipinski definition) is 5. The van der Waals surface area contributed by atoms with Crippen molar-refractivity contribution in [3.8, 4) is 0 Å². The lowest BCUT2D eigenvalue weighted by Crippen LogP contribution is -2.48. The van der Waals surface area contributed by atoms with Gasteiger partial charge in [0.2, 0.25) is 5.91 Å². The number of benzene rings is 1. The van der Waals surface area contributed by atoms with Crippen molar-refractivity contribution in [2.75, 3.05) is 11.9 Å². The van der Waals surface area contributed by atoms with E-state index in [2.05, 4.69) is 10.6 Å². The Morgan fingerprint density at radius 3 is 2.56 bits per heavy atom. The molecule has 1 aliphatic carbocycles. The molecule has 1 heterocycles. The first-order valence-corrected chi connectivity index (χ1v) is 8.94. The van der Waals surface area contributed by atoms with Crippen LogP contribution in [0.15, 0.2) is 12.1 Å². The molecule has 27 heavy (non-hydrogen) atoms. The Labute approximate surface area is 156 Å². The van der Waals surface area contributed by atoms with Gasteiger partial charge in [0, 0.05) is 6.07 Å². The Bertz CT molecular complexity index is 829. The normalized spacial score (nSPS) is 18.5. The van der Waals surface area contributed by atoms with Crippen molar-refractivity contribution >= 4 is 29.2 Å². The zero-order chi connectivity index (χ0) is 19.8. The molecule has 2 N–H and O–H groups in total. The fourth-order valence-corrected chi connectivity index (χ4v) is 3.75. The van der Waals surface area contributed by atoms with Crippen LogP contribution in [0.2, 0.25) is 0 Å². The average molecular weight is 374 g/mol. The van der Waals surface area contributed by atoms with Crippen LogP contribution in [0, 0.1) is 24.0 Å². The molecule has 1 aromatic carbocycles. The largest absolute Gasteiger partial charge is 0.325 e. The van der Waals surface area contributed by atoms with Crippen LogP contribution in [-0.4, -0.2) is 39.8 Å². The van der Waals surface area contributed by atoms with Crippen LogP contribution in [0.5, 0.6) is 0 Å². The molecule has 1 spiro atoms. The Morgan fingerprint density at radius 2 is 1.93 bits per heavy atom. The van der Waals surface area contributed by atoms with Gasteiger partial charge < -0.3 is 10.6 Å². The molecule has 1 aliphatic heterocycles. The number of nitrogens with one attached hydrogen (secondary N) is 2. The third-order valence-corrected chi connectivity index (χ3v) is 5.43. The molecule has 3 rings (SSSR count). The number of amides is 4. The molecular formula is C18H22N4O5. The van der Waals surface area contributed by atoms with Crippen molar-refractivity contribution in [3.63, 3.8) is 0 Å². The number of urea groups is 1. The number of rotatable bonds is 4. The first-order valence-electron chi connectivity index (χ1n) is 8.94. The minimum absolute atomic E-state index is 0.0874. The van der Waals surface area contributed by atoms with E-state index in [1.807, 2.05) is 0 Å². The van der Waals surface area contributed by atoms with Crippen molar-refractivity contribution in [2.45, 2.75) is 51.5 Å². The minimum Gasteiger partial charge on any atom is -0.323 e. The van der Waals surface area contributed by atoms with Crippen molar-refractivity contribution in [1.82, 2.24) is 10.2 Å². The molecule has 0 aromatic heterocycles. The maximum Gasteiger partial charge on any atom is 0.325 e. The van der Waals surface area contributed by atoms with Gasteiger partial charge in [-0.2, -0.15) is 0 Å². The van der Waals surface area contributed by atoms with Gasteiger partial charge in [0.1, 0.15) is 17.8 Å². The molecule has 0 unspecified atom stereocenters. The van der Waals surface area contributed by atoms with Gasteiger partial charge >= 0.3 is 6.03 Å². The first-order chi connectivity index (χ1) is 12.7. The van der Waals surface area contributed by atoms with Crippen molar-refractivity contribution < 1.29 is 19.3 Å². The van der Waals surface area contributed by atoms with Crippen LogP contribution in [0.4, 0.5) is 16.2 Å². The molecule has 9 heteroatoms. The van der Waals surface area contributed by atoms with Gasteiger partial charge in [-0.15, -0.1) is 0 Å². The molecular weight excluding hydrogens is 352 g/mol. The van der Waals surface area contributed by atoms with E-state index >= 15 is 0 Å². The molecule has 1 saturated carbocycles. The van der Waals surface area contributed by atoms with Gasteiger partial charge in [-0.05, 0) is 37.8 Å². The van der Waals surface area contributed by atoms with Crippen LogP contribution >= 0.6 is 0 Å². The smallest absolute Gasteiger partial charge is 0.323 e. The monoisotopic (exact) mass is 374 g/mol. The summed E-state index contributed by atoms with van der Waals surface area (Å²) < 4.78 is 0. The summed E-state index contributed by atoms with van der Waals surface area (Å²) in [6, 6.07) is 2.34. The van der Waals surface area contributed by atoms with Gasteiger partial charge in [-0.25, -0.2) is 4.79 Å². The van der Waals surface area contributed by atoms with E-state index in [0.717, 1.165) is 29.7 Å². The molecule has 0 bridgehead atoms. The van der Waals surface area contributed by atoms with E-state index in [0.29, 0.717) is 18.4 Å². The van der Waals surface area contributed by atoms with Crippen molar-refractivity contribution in [3.05, 3.63) is 33.4 Å². The highest BCUT2D eigenvalue weighted by Gasteiger charge is 2.51. The van der Waals surface area contributed by atoms with E-state index in [-0.39, 0.29) is 11.4 Å². The standard InChI is InChI=1S/C18H22N4O5/c1-11-6-7-13(22(26)27)15(12(11)2)19-14(23)10-21-16(24)18(20-17(21)25)8-4-3-5-9-18/h6-7H,3-5,8-10H2,1-2H3,(H,19,23)(H,20,25). The number of nitrogens with zero attached hydrogens (tertiary/aromatic N) is 2. The van der Waals surface area contributed by atoms with E-state index in [1.165, 1.54) is 6.07 Å². The second kappa shape index (κ2) is 6.98. The second-order valence-electron chi connectivity index (χ2n) is 7.17. The zero-order valence-electron chi connectivity index (χ0n) is 15.3. The molecule has 0 atom stereocenters. The number of anilines is 1. The summed E-state index contributed by atoms with van der Waals surface area (Å²) in [6.45, 7) is 2.97. The zero-order valence-corrected chi connectivity index (χ0v) is 15.3. The van der Waals surface area contributed by atoms with Crippen molar-refractivity contribution in [1.29, 1.82) is 0 Å². The molecule has 1 aromatic rings. The highest BCUT2D eigenvalue weighted by atomic mass is 16.6. The lowest BCUT2D eigenvalue weighted by molar-refractivity contribution is -0.384. The lowest BCUT2D eigenvalue weighted by Gasteiger charge is -2.30. The van der Waals surface area contributed by atoms with Gasteiger partial charge in [0.15, 0.2) is 0 Å². The fourth-order valence-electron chi connectivity index (χ4n) is 3.75. The summed E-state index contributed by atoms with van der Waals surface area (Å²) in [5.74, 6) is -1.04. The summed E-state index contributed by atoms with van der Waals surface area (Å²) in [5, 5.41) is 16.5. The van der Waals surface area contributed by atoms with E-state index in [4.69, 9.17) is 0 Å². The fraction of sp³-hybridized carbons (Fsp3) is 0.500. The average Bonchev–Trinajstić information content (AvgIpc) is 2.83. The maximum atomic E-state index is 12.7. The van der Waals surface area contributed by atoms with Crippen LogP contribution in [0.3, 0.4) is 0 Å². The summed E-state index contributed by atoms with van der Waals surface area (Å²) in [7, 11) is 0. The third-order valence-electron chi connectivity index (χ3n) is 5.43. The molecule has 0 radical (unpaired) electrons. The maximum absolute atomic E-state index is 12.7. The van der Waals surface area contributed by atoms with Crippen LogP contribution in [0.25, 0.3) is 0 Å². The second-order valence-corrected chi connectivity index (χ2v) is 7.17. The SMILES string of the molecule is Cc1ccc([N+](=O)[O-])c(NC(=O)CN2C(=O)NC3(CCCCC3)C2=O)c1C. The predicted octanol–water partition coefficient (Wildman–Crippen LogP) is 2.40.